The zero-order chi connectivity index (χ0) is 20.1. The Bertz CT molecular complexity index is 875. The summed E-state index contributed by atoms with van der Waals surface area (Å²) in [6, 6.07) is 3.58. The van der Waals surface area contributed by atoms with Gasteiger partial charge < -0.3 is 10.1 Å². The summed E-state index contributed by atoms with van der Waals surface area (Å²) in [7, 11) is -3.64. The van der Waals surface area contributed by atoms with Crippen LogP contribution in [0.15, 0.2) is 17.0 Å². The van der Waals surface area contributed by atoms with E-state index in [4.69, 9.17) is 4.74 Å². The van der Waals surface area contributed by atoms with Crippen molar-refractivity contribution in [3.05, 3.63) is 28.8 Å². The van der Waals surface area contributed by atoms with Gasteiger partial charge in [-0.3, -0.25) is 4.79 Å². The van der Waals surface area contributed by atoms with E-state index >= 15 is 0 Å². The summed E-state index contributed by atoms with van der Waals surface area (Å²) < 4.78 is 33.0. The normalized spacial score (nSPS) is 30.5. The quantitative estimate of drug-likeness (QED) is 0.834. The lowest BCUT2D eigenvalue weighted by Crippen LogP contribution is -2.43. The number of ether oxygens (including phenoxy) is 1. The smallest absolute Gasteiger partial charge is 0.251 e. The average Bonchev–Trinajstić information content (AvgIpc) is 3.25. The maximum Gasteiger partial charge on any atom is 0.251 e. The van der Waals surface area contributed by atoms with Crippen LogP contribution in [0.2, 0.25) is 0 Å². The lowest BCUT2D eigenvalue weighted by atomic mass is 9.85. The van der Waals surface area contributed by atoms with E-state index in [1.54, 1.807) is 13.0 Å². The molecule has 4 atom stereocenters. The summed E-state index contributed by atoms with van der Waals surface area (Å²) in [6.07, 6.45) is 3.66. The highest BCUT2D eigenvalue weighted by Gasteiger charge is 2.45. The minimum atomic E-state index is -3.64. The van der Waals surface area contributed by atoms with Gasteiger partial charge in [-0.1, -0.05) is 13.0 Å². The van der Waals surface area contributed by atoms with Gasteiger partial charge in [-0.15, -0.1) is 0 Å². The van der Waals surface area contributed by atoms with Crippen LogP contribution in [-0.4, -0.2) is 51.0 Å². The van der Waals surface area contributed by atoms with Gasteiger partial charge in [0.1, 0.15) is 0 Å². The highest BCUT2D eigenvalue weighted by atomic mass is 32.2. The Kier molecular flexibility index (Phi) is 5.27. The molecule has 0 spiro atoms. The Hall–Kier alpha value is -1.44. The molecule has 1 aromatic rings. The fourth-order valence-corrected chi connectivity index (χ4v) is 6.98. The van der Waals surface area contributed by atoms with Crippen LogP contribution in [0.3, 0.4) is 0 Å². The molecule has 1 amide bonds. The molecule has 2 bridgehead atoms. The Morgan fingerprint density at radius 3 is 2.43 bits per heavy atom. The first-order valence-corrected chi connectivity index (χ1v) is 11.7. The van der Waals surface area contributed by atoms with Gasteiger partial charge in [-0.25, -0.2) is 8.42 Å². The van der Waals surface area contributed by atoms with Crippen molar-refractivity contribution in [3.8, 4) is 0 Å². The van der Waals surface area contributed by atoms with E-state index in [1.807, 2.05) is 13.0 Å². The number of rotatable bonds is 4. The number of carbonyl (C=O) groups excluding carboxylic acids is 1. The number of nitrogens with zero attached hydrogens (tertiary/aromatic N) is 1. The van der Waals surface area contributed by atoms with Crippen LogP contribution in [0.5, 0.6) is 0 Å². The minimum absolute atomic E-state index is 0.152. The number of hydrogen-bond acceptors (Lipinski definition) is 4. The Morgan fingerprint density at radius 1 is 1.11 bits per heavy atom. The maximum atomic E-state index is 13.1. The van der Waals surface area contributed by atoms with Crippen LogP contribution in [0, 0.1) is 31.6 Å². The van der Waals surface area contributed by atoms with Gasteiger partial charge in [-0.2, -0.15) is 4.31 Å². The molecule has 4 rings (SSSR count). The molecule has 1 unspecified atom stereocenters. The van der Waals surface area contributed by atoms with Gasteiger partial charge >= 0.3 is 0 Å². The van der Waals surface area contributed by atoms with Crippen molar-refractivity contribution in [1.82, 2.24) is 9.62 Å². The number of morpholine rings is 1. The third-order valence-corrected chi connectivity index (χ3v) is 9.02. The zero-order valence-electron chi connectivity index (χ0n) is 16.9. The van der Waals surface area contributed by atoms with Gasteiger partial charge in [0.2, 0.25) is 10.0 Å². The van der Waals surface area contributed by atoms with E-state index in [-0.39, 0.29) is 16.8 Å². The van der Waals surface area contributed by atoms with Crippen molar-refractivity contribution >= 4 is 15.9 Å². The standard InChI is InChI=1S/C21H30N2O4S/c1-13-10-14(2)19(28(25,26)23-6-8-27-9-7-23)12-18(13)21(24)22-20-15(3)16-4-5-17(20)11-16/h10,12,15-17,20H,4-9,11H2,1-3H3,(H,22,24)/t15-,16+,17-,20?/m0/s1. The zero-order valence-corrected chi connectivity index (χ0v) is 17.7. The fourth-order valence-electron chi connectivity index (χ4n) is 5.34. The number of hydrogen-bond donors (Lipinski definition) is 1. The number of sulfonamides is 1. The van der Waals surface area contributed by atoms with Crippen LogP contribution >= 0.6 is 0 Å². The van der Waals surface area contributed by atoms with Crippen molar-refractivity contribution < 1.29 is 17.9 Å². The number of benzene rings is 1. The van der Waals surface area contributed by atoms with Gasteiger partial charge in [0.15, 0.2) is 0 Å². The summed E-state index contributed by atoms with van der Waals surface area (Å²) in [5, 5.41) is 3.23. The van der Waals surface area contributed by atoms with E-state index in [9.17, 15) is 13.2 Å². The number of amides is 1. The summed E-state index contributed by atoms with van der Waals surface area (Å²) >= 11 is 0. The monoisotopic (exact) mass is 406 g/mol. The largest absolute Gasteiger partial charge is 0.379 e. The maximum absolute atomic E-state index is 13.1. The van der Waals surface area contributed by atoms with Crippen LogP contribution in [0.25, 0.3) is 0 Å². The van der Waals surface area contributed by atoms with Gasteiger partial charge in [0, 0.05) is 24.7 Å². The predicted molar refractivity (Wildman–Crippen MR) is 107 cm³/mol. The third kappa shape index (κ3) is 3.37. The second-order valence-electron chi connectivity index (χ2n) is 8.64. The molecule has 0 aromatic heterocycles. The van der Waals surface area contributed by atoms with E-state index in [0.29, 0.717) is 55.2 Å². The predicted octanol–water partition coefficient (Wildman–Crippen LogP) is 2.49. The van der Waals surface area contributed by atoms with Crippen LogP contribution < -0.4 is 5.32 Å². The summed E-state index contributed by atoms with van der Waals surface area (Å²) in [4.78, 5) is 13.3. The van der Waals surface area contributed by atoms with E-state index in [1.165, 1.54) is 23.6 Å². The van der Waals surface area contributed by atoms with Crippen molar-refractivity contribution in [1.29, 1.82) is 0 Å². The van der Waals surface area contributed by atoms with Crippen molar-refractivity contribution in [2.45, 2.75) is 51.0 Å². The Labute approximate surface area is 167 Å². The molecule has 1 saturated heterocycles. The summed E-state index contributed by atoms with van der Waals surface area (Å²) in [5.41, 5.74) is 1.95. The molecule has 28 heavy (non-hydrogen) atoms. The van der Waals surface area contributed by atoms with Gasteiger partial charge in [-0.05, 0) is 68.1 Å². The Balaban J connectivity index is 1.61. The minimum Gasteiger partial charge on any atom is -0.379 e. The van der Waals surface area contributed by atoms with Crippen molar-refractivity contribution in [3.63, 3.8) is 0 Å². The average molecular weight is 407 g/mol. The van der Waals surface area contributed by atoms with Crippen LogP contribution in [0.1, 0.15) is 47.7 Å². The second-order valence-corrected chi connectivity index (χ2v) is 10.5. The van der Waals surface area contributed by atoms with E-state index < -0.39 is 10.0 Å². The molecule has 0 radical (unpaired) electrons. The molecular weight excluding hydrogens is 376 g/mol. The second kappa shape index (κ2) is 7.43. The highest BCUT2D eigenvalue weighted by molar-refractivity contribution is 7.89. The molecule has 3 aliphatic rings. The number of carbonyl (C=O) groups is 1. The number of aryl methyl sites for hydroxylation is 2. The van der Waals surface area contributed by atoms with E-state index in [2.05, 4.69) is 12.2 Å². The molecule has 1 N–H and O–H groups in total. The van der Waals surface area contributed by atoms with Crippen LogP contribution in [0.4, 0.5) is 0 Å². The molecule has 1 aromatic carbocycles. The molecule has 2 aliphatic carbocycles. The molecule has 3 fully saturated rings. The molecule has 2 saturated carbocycles. The first-order chi connectivity index (χ1) is 13.3. The molecule has 1 heterocycles. The molecule has 154 valence electrons. The number of fused-ring (bicyclic) bond motifs is 2. The fraction of sp³-hybridized carbons (Fsp3) is 0.667. The van der Waals surface area contributed by atoms with Crippen molar-refractivity contribution in [2.24, 2.45) is 17.8 Å². The first-order valence-electron chi connectivity index (χ1n) is 10.3. The van der Waals surface area contributed by atoms with Gasteiger partial charge in [0.25, 0.3) is 5.91 Å². The lowest BCUT2D eigenvalue weighted by molar-refractivity contribution is 0.0730. The summed E-state index contributed by atoms with van der Waals surface area (Å²) in [5.74, 6) is 1.61. The van der Waals surface area contributed by atoms with Crippen molar-refractivity contribution in [2.75, 3.05) is 26.3 Å². The van der Waals surface area contributed by atoms with Crippen LogP contribution in [-0.2, 0) is 14.8 Å². The summed E-state index contributed by atoms with van der Waals surface area (Å²) in [6.45, 7) is 7.39. The van der Waals surface area contributed by atoms with Gasteiger partial charge in [0.05, 0.1) is 18.1 Å². The molecule has 6 nitrogen and oxygen atoms in total. The molecular formula is C21H30N2O4S. The first kappa shape index (κ1) is 19.9. The Morgan fingerprint density at radius 2 is 1.79 bits per heavy atom. The molecule has 7 heteroatoms. The molecule has 1 aliphatic heterocycles. The third-order valence-electron chi connectivity index (χ3n) is 6.98. The SMILES string of the molecule is Cc1cc(C)c(S(=O)(=O)N2CCOCC2)cc1C(=O)NC1[C@H]2CC[C@H](C2)[C@@H]1C. The number of nitrogens with one attached hydrogen (secondary N) is 1. The van der Waals surface area contributed by atoms with E-state index in [0.717, 1.165) is 5.56 Å². The lowest BCUT2D eigenvalue weighted by Gasteiger charge is -2.30. The highest BCUT2D eigenvalue weighted by Crippen LogP contribution is 2.48. The topological polar surface area (TPSA) is 75.7 Å².